The van der Waals surface area contributed by atoms with Gasteiger partial charge in [-0.2, -0.15) is 0 Å². The maximum absolute atomic E-state index is 13.0. The van der Waals surface area contributed by atoms with Crippen LogP contribution in [0, 0.1) is 21.7 Å². The van der Waals surface area contributed by atoms with Gasteiger partial charge in [-0.1, -0.05) is 6.07 Å². The number of nitrogens with zero attached hydrogens (tertiary/aromatic N) is 1. The lowest BCUT2D eigenvalue weighted by molar-refractivity contribution is -0.384. The molecule has 0 saturated heterocycles. The third-order valence-corrected chi connectivity index (χ3v) is 2.50. The van der Waals surface area contributed by atoms with E-state index in [-0.39, 0.29) is 16.9 Å². The monoisotopic (exact) mass is 278 g/mol. The number of benzene rings is 2. The minimum atomic E-state index is -1.10. The number of hydrogen-bond donors (Lipinski definition) is 1. The number of halogens is 2. The number of nitrogens with one attached hydrogen (secondary N) is 1. The molecule has 1 amide bonds. The summed E-state index contributed by atoms with van der Waals surface area (Å²) in [7, 11) is 0. The standard InChI is InChI=1S/C13H8F2N2O3/c14-11-5-4-9(7-12(11)15)16-13(18)8-2-1-3-10(6-8)17(19)20/h1-7H,(H,16,18). The van der Waals surface area contributed by atoms with E-state index < -0.39 is 22.5 Å². The molecule has 0 aromatic heterocycles. The van der Waals surface area contributed by atoms with Crippen molar-refractivity contribution in [1.29, 1.82) is 0 Å². The molecule has 0 aliphatic rings. The van der Waals surface area contributed by atoms with Gasteiger partial charge in [-0.15, -0.1) is 0 Å². The quantitative estimate of drug-likeness (QED) is 0.692. The number of carbonyl (C=O) groups is 1. The highest BCUT2D eigenvalue weighted by atomic mass is 19.2. The van der Waals surface area contributed by atoms with Crippen molar-refractivity contribution in [2.24, 2.45) is 0 Å². The van der Waals surface area contributed by atoms with Gasteiger partial charge in [0.25, 0.3) is 11.6 Å². The van der Waals surface area contributed by atoms with Gasteiger partial charge in [-0.05, 0) is 18.2 Å². The van der Waals surface area contributed by atoms with E-state index in [1.807, 2.05) is 0 Å². The second kappa shape index (κ2) is 5.43. The highest BCUT2D eigenvalue weighted by Crippen LogP contribution is 2.17. The Morgan fingerprint density at radius 3 is 2.50 bits per heavy atom. The first kappa shape index (κ1) is 13.6. The molecule has 102 valence electrons. The minimum absolute atomic E-state index is 0.0453. The molecule has 0 spiro atoms. The molecule has 0 unspecified atom stereocenters. The number of non-ortho nitro benzene ring substituents is 1. The summed E-state index contributed by atoms with van der Waals surface area (Å²) in [6.07, 6.45) is 0. The molecule has 1 N–H and O–H groups in total. The summed E-state index contributed by atoms with van der Waals surface area (Å²) >= 11 is 0. The molecular weight excluding hydrogens is 270 g/mol. The summed E-state index contributed by atoms with van der Waals surface area (Å²) < 4.78 is 25.7. The van der Waals surface area contributed by atoms with Crippen molar-refractivity contribution in [2.45, 2.75) is 0 Å². The molecule has 2 rings (SSSR count). The largest absolute Gasteiger partial charge is 0.322 e. The number of rotatable bonds is 3. The molecule has 2 aromatic rings. The number of carbonyl (C=O) groups excluding carboxylic acids is 1. The van der Waals surface area contributed by atoms with Crippen LogP contribution in [0.2, 0.25) is 0 Å². The Morgan fingerprint density at radius 1 is 1.10 bits per heavy atom. The predicted molar refractivity (Wildman–Crippen MR) is 67.4 cm³/mol. The van der Waals surface area contributed by atoms with Gasteiger partial charge < -0.3 is 5.32 Å². The second-order valence-corrected chi connectivity index (χ2v) is 3.89. The summed E-state index contributed by atoms with van der Waals surface area (Å²) in [6.45, 7) is 0. The van der Waals surface area contributed by atoms with Gasteiger partial charge in [0.2, 0.25) is 0 Å². The maximum Gasteiger partial charge on any atom is 0.270 e. The molecule has 0 atom stereocenters. The summed E-state index contributed by atoms with van der Waals surface area (Å²) in [4.78, 5) is 21.8. The topological polar surface area (TPSA) is 72.2 Å². The van der Waals surface area contributed by atoms with Crippen LogP contribution in [0.4, 0.5) is 20.2 Å². The van der Waals surface area contributed by atoms with E-state index >= 15 is 0 Å². The van der Waals surface area contributed by atoms with Crippen LogP contribution in [-0.2, 0) is 0 Å². The Bertz CT molecular complexity index is 689. The molecule has 5 nitrogen and oxygen atoms in total. The minimum Gasteiger partial charge on any atom is -0.322 e. The van der Waals surface area contributed by atoms with E-state index in [1.165, 1.54) is 24.3 Å². The zero-order valence-corrected chi connectivity index (χ0v) is 9.97. The third kappa shape index (κ3) is 2.94. The number of nitro benzene ring substituents is 1. The second-order valence-electron chi connectivity index (χ2n) is 3.89. The first-order chi connectivity index (χ1) is 9.47. The smallest absolute Gasteiger partial charge is 0.270 e. The molecule has 2 aromatic carbocycles. The number of anilines is 1. The zero-order valence-electron chi connectivity index (χ0n) is 9.97. The fourth-order valence-corrected chi connectivity index (χ4v) is 1.54. The van der Waals surface area contributed by atoms with E-state index in [9.17, 15) is 23.7 Å². The number of amides is 1. The average Bonchev–Trinajstić information content (AvgIpc) is 2.43. The molecule has 0 saturated carbocycles. The van der Waals surface area contributed by atoms with Crippen molar-refractivity contribution >= 4 is 17.3 Å². The molecule has 0 heterocycles. The van der Waals surface area contributed by atoms with Crippen LogP contribution in [0.15, 0.2) is 42.5 Å². The van der Waals surface area contributed by atoms with Crippen LogP contribution in [0.3, 0.4) is 0 Å². The van der Waals surface area contributed by atoms with Crippen molar-refractivity contribution in [1.82, 2.24) is 0 Å². The van der Waals surface area contributed by atoms with Gasteiger partial charge in [-0.25, -0.2) is 8.78 Å². The highest BCUT2D eigenvalue weighted by molar-refractivity contribution is 6.04. The molecule has 0 fully saturated rings. The summed E-state index contributed by atoms with van der Waals surface area (Å²) in [5, 5.41) is 12.9. The van der Waals surface area contributed by atoms with Gasteiger partial charge >= 0.3 is 0 Å². The van der Waals surface area contributed by atoms with E-state index in [0.29, 0.717) is 0 Å². The molecule has 0 bridgehead atoms. The van der Waals surface area contributed by atoms with Crippen LogP contribution in [0.25, 0.3) is 0 Å². The Morgan fingerprint density at radius 2 is 1.85 bits per heavy atom. The fraction of sp³-hybridized carbons (Fsp3) is 0. The lowest BCUT2D eigenvalue weighted by Gasteiger charge is -2.05. The fourth-order valence-electron chi connectivity index (χ4n) is 1.54. The summed E-state index contributed by atoms with van der Waals surface area (Å²) in [5.41, 5.74) is -0.132. The molecule has 20 heavy (non-hydrogen) atoms. The Labute approximate surface area is 112 Å². The first-order valence-electron chi connectivity index (χ1n) is 5.48. The Balaban J connectivity index is 2.21. The third-order valence-electron chi connectivity index (χ3n) is 2.50. The number of hydrogen-bond acceptors (Lipinski definition) is 3. The van der Waals surface area contributed by atoms with E-state index in [2.05, 4.69) is 5.32 Å². The zero-order chi connectivity index (χ0) is 14.7. The maximum atomic E-state index is 13.0. The van der Waals surface area contributed by atoms with Gasteiger partial charge in [0, 0.05) is 29.4 Å². The van der Waals surface area contributed by atoms with E-state index in [0.717, 1.165) is 18.2 Å². The van der Waals surface area contributed by atoms with Crippen molar-refractivity contribution < 1.29 is 18.5 Å². The molecule has 0 aliphatic heterocycles. The van der Waals surface area contributed by atoms with Crippen LogP contribution < -0.4 is 5.32 Å². The molecular formula is C13H8F2N2O3. The summed E-state index contributed by atoms with van der Waals surface area (Å²) in [5.74, 6) is -2.78. The molecule has 0 aliphatic carbocycles. The van der Waals surface area contributed by atoms with Crippen molar-refractivity contribution in [3.63, 3.8) is 0 Å². The Kier molecular flexibility index (Phi) is 3.69. The van der Waals surface area contributed by atoms with Gasteiger partial charge in [0.1, 0.15) is 0 Å². The lowest BCUT2D eigenvalue weighted by Crippen LogP contribution is -2.12. The SMILES string of the molecule is O=C(Nc1ccc(F)c(F)c1)c1cccc([N+](=O)[O-])c1. The van der Waals surface area contributed by atoms with E-state index in [4.69, 9.17) is 0 Å². The highest BCUT2D eigenvalue weighted by Gasteiger charge is 2.12. The predicted octanol–water partition coefficient (Wildman–Crippen LogP) is 3.13. The lowest BCUT2D eigenvalue weighted by atomic mass is 10.2. The van der Waals surface area contributed by atoms with E-state index in [1.54, 1.807) is 0 Å². The van der Waals surface area contributed by atoms with Gasteiger partial charge in [-0.3, -0.25) is 14.9 Å². The van der Waals surface area contributed by atoms with Crippen LogP contribution in [0.5, 0.6) is 0 Å². The normalized spacial score (nSPS) is 10.1. The number of nitro groups is 1. The Hall–Kier alpha value is -2.83. The van der Waals surface area contributed by atoms with Crippen LogP contribution in [-0.4, -0.2) is 10.8 Å². The van der Waals surface area contributed by atoms with Crippen LogP contribution in [0.1, 0.15) is 10.4 Å². The van der Waals surface area contributed by atoms with Crippen molar-refractivity contribution in [2.75, 3.05) is 5.32 Å². The van der Waals surface area contributed by atoms with Crippen molar-refractivity contribution in [3.05, 3.63) is 69.8 Å². The van der Waals surface area contributed by atoms with Gasteiger partial charge in [0.15, 0.2) is 11.6 Å². The first-order valence-corrected chi connectivity index (χ1v) is 5.48. The average molecular weight is 278 g/mol. The molecule has 7 heteroatoms. The van der Waals surface area contributed by atoms with Crippen LogP contribution >= 0.6 is 0 Å². The van der Waals surface area contributed by atoms with Crippen molar-refractivity contribution in [3.8, 4) is 0 Å². The summed E-state index contributed by atoms with van der Waals surface area (Å²) in [6, 6.07) is 7.96. The molecule has 0 radical (unpaired) electrons. The van der Waals surface area contributed by atoms with Gasteiger partial charge in [0.05, 0.1) is 4.92 Å².